The monoisotopic (exact) mass is 555 g/mol. The van der Waals surface area contributed by atoms with Crippen LogP contribution in [0.15, 0.2) is 103 Å². The third-order valence-corrected chi connectivity index (χ3v) is 7.57. The molecule has 0 saturated carbocycles. The van der Waals surface area contributed by atoms with Crippen molar-refractivity contribution in [1.82, 2.24) is 4.90 Å². The standard InChI is InChI=1S/C30H33NO2.C4H4O4/c1-24-30(32-23-27-15-8-9-17-29(27)33-24)18-21-31(22-19-30)20-10-16-28(25-11-4-2-5-12-25)26-13-6-3-7-14-26;5-3(6)1-2-4(7)8/h2-9,11-17,24H,10,18-23H2,1H3;1-2H,(H,5,6)(H,7,8)/b;2-1-. The fraction of sp³-hybridized carbons (Fsp3) is 0.294. The van der Waals surface area contributed by atoms with Crippen molar-refractivity contribution in [2.45, 2.75) is 44.5 Å². The number of hydrogen-bond acceptors (Lipinski definition) is 5. The van der Waals surface area contributed by atoms with Crippen LogP contribution in [0.5, 0.6) is 5.75 Å². The molecule has 1 fully saturated rings. The molecule has 2 aliphatic heterocycles. The van der Waals surface area contributed by atoms with E-state index in [1.165, 1.54) is 16.7 Å². The highest BCUT2D eigenvalue weighted by Gasteiger charge is 2.43. The molecule has 0 aromatic heterocycles. The van der Waals surface area contributed by atoms with Crippen LogP contribution in [0.3, 0.4) is 0 Å². The molecule has 2 heterocycles. The van der Waals surface area contributed by atoms with Crippen LogP contribution >= 0.6 is 0 Å². The van der Waals surface area contributed by atoms with Crippen LogP contribution in [0.25, 0.3) is 5.57 Å². The highest BCUT2D eigenvalue weighted by molar-refractivity contribution is 5.89. The molecule has 1 saturated heterocycles. The van der Waals surface area contributed by atoms with E-state index in [1.54, 1.807) is 0 Å². The number of rotatable bonds is 7. The van der Waals surface area contributed by atoms with E-state index in [1.807, 2.05) is 6.07 Å². The van der Waals surface area contributed by atoms with Gasteiger partial charge in [-0.25, -0.2) is 9.59 Å². The minimum absolute atomic E-state index is 0.0611. The van der Waals surface area contributed by atoms with Crippen LogP contribution in [0.1, 0.15) is 42.9 Å². The first-order valence-corrected chi connectivity index (χ1v) is 13.9. The number of ether oxygens (including phenoxy) is 2. The second-order valence-electron chi connectivity index (χ2n) is 10.2. The van der Waals surface area contributed by atoms with Gasteiger partial charge in [0.15, 0.2) is 0 Å². The number of piperidine rings is 1. The summed E-state index contributed by atoms with van der Waals surface area (Å²) in [5.41, 5.74) is 4.84. The SMILES string of the molecule is CC1Oc2ccccc2COC12CCN(CCC=C(c1ccccc1)c1ccccc1)CC2.O=C(O)/C=C\C(=O)O. The van der Waals surface area contributed by atoms with E-state index < -0.39 is 11.9 Å². The maximum atomic E-state index is 9.55. The van der Waals surface area contributed by atoms with Gasteiger partial charge in [-0.15, -0.1) is 0 Å². The van der Waals surface area contributed by atoms with Gasteiger partial charge in [0, 0.05) is 37.3 Å². The molecular weight excluding hydrogens is 518 g/mol. The third kappa shape index (κ3) is 8.39. The van der Waals surface area contributed by atoms with Crippen molar-refractivity contribution in [3.8, 4) is 5.75 Å². The molecule has 0 amide bonds. The Hall–Kier alpha value is -4.20. The summed E-state index contributed by atoms with van der Waals surface area (Å²) in [6, 6.07) is 29.7. The van der Waals surface area contributed by atoms with Gasteiger partial charge in [0.2, 0.25) is 0 Å². The van der Waals surface area contributed by atoms with Gasteiger partial charge in [0.1, 0.15) is 17.5 Å². The average molecular weight is 556 g/mol. The van der Waals surface area contributed by atoms with Crippen molar-refractivity contribution < 1.29 is 29.3 Å². The molecule has 41 heavy (non-hydrogen) atoms. The van der Waals surface area contributed by atoms with Gasteiger partial charge in [-0.2, -0.15) is 0 Å². The summed E-state index contributed by atoms with van der Waals surface area (Å²) in [5.74, 6) is -1.54. The summed E-state index contributed by atoms with van der Waals surface area (Å²) in [5, 5.41) is 15.6. The summed E-state index contributed by atoms with van der Waals surface area (Å²) >= 11 is 0. The Bertz CT molecular complexity index is 1290. The minimum atomic E-state index is -1.26. The molecule has 2 N–H and O–H groups in total. The quantitative estimate of drug-likeness (QED) is 0.343. The largest absolute Gasteiger partial charge is 0.487 e. The Morgan fingerprint density at radius 3 is 1.95 bits per heavy atom. The highest BCUT2D eigenvalue weighted by Crippen LogP contribution is 2.37. The fourth-order valence-electron chi connectivity index (χ4n) is 5.25. The van der Waals surface area contributed by atoms with Gasteiger partial charge in [-0.05, 0) is 49.0 Å². The van der Waals surface area contributed by atoms with E-state index in [4.69, 9.17) is 19.7 Å². The van der Waals surface area contributed by atoms with Gasteiger partial charge >= 0.3 is 11.9 Å². The van der Waals surface area contributed by atoms with Crippen LogP contribution in [-0.2, 0) is 20.9 Å². The van der Waals surface area contributed by atoms with Crippen LogP contribution in [0.2, 0.25) is 0 Å². The topological polar surface area (TPSA) is 96.3 Å². The lowest BCUT2D eigenvalue weighted by molar-refractivity contribution is -0.135. The Kier molecular flexibility index (Phi) is 10.5. The van der Waals surface area contributed by atoms with Crippen molar-refractivity contribution in [2.24, 2.45) is 0 Å². The van der Waals surface area contributed by atoms with E-state index in [0.717, 1.165) is 50.2 Å². The summed E-state index contributed by atoms with van der Waals surface area (Å²) in [7, 11) is 0. The number of benzene rings is 3. The lowest BCUT2D eigenvalue weighted by Gasteiger charge is -2.43. The molecule has 214 valence electrons. The normalized spacial score (nSPS) is 17.8. The predicted molar refractivity (Wildman–Crippen MR) is 159 cm³/mol. The molecule has 2 aliphatic rings. The Balaban J connectivity index is 0.000000426. The number of hydrogen-bond donors (Lipinski definition) is 2. The molecule has 7 heteroatoms. The molecule has 1 spiro atoms. The first kappa shape index (κ1) is 29.8. The van der Waals surface area contributed by atoms with E-state index in [0.29, 0.717) is 18.8 Å². The van der Waals surface area contributed by atoms with Crippen LogP contribution < -0.4 is 4.74 Å². The second kappa shape index (κ2) is 14.4. The van der Waals surface area contributed by atoms with Gasteiger partial charge in [0.25, 0.3) is 0 Å². The van der Waals surface area contributed by atoms with Crippen LogP contribution in [-0.4, -0.2) is 58.4 Å². The molecule has 0 bridgehead atoms. The number of carboxylic acids is 2. The molecule has 5 rings (SSSR count). The minimum Gasteiger partial charge on any atom is -0.487 e. The summed E-state index contributed by atoms with van der Waals surface area (Å²) in [6.45, 7) is 5.97. The Morgan fingerprint density at radius 2 is 1.39 bits per heavy atom. The average Bonchev–Trinajstić information content (AvgIpc) is 3.12. The van der Waals surface area contributed by atoms with Crippen LogP contribution in [0, 0.1) is 0 Å². The van der Waals surface area contributed by atoms with Crippen LogP contribution in [0.4, 0.5) is 0 Å². The fourth-order valence-corrected chi connectivity index (χ4v) is 5.25. The zero-order valence-electron chi connectivity index (χ0n) is 23.3. The van der Waals surface area contributed by atoms with Crippen molar-refractivity contribution in [3.05, 3.63) is 120 Å². The van der Waals surface area contributed by atoms with Crippen molar-refractivity contribution in [2.75, 3.05) is 19.6 Å². The molecular formula is C34H37NO6. The number of likely N-dealkylation sites (tertiary alicyclic amines) is 1. The van der Waals surface area contributed by atoms with Crippen molar-refractivity contribution in [1.29, 1.82) is 0 Å². The van der Waals surface area contributed by atoms with Gasteiger partial charge < -0.3 is 24.6 Å². The molecule has 1 atom stereocenters. The molecule has 3 aromatic rings. The summed E-state index contributed by atoms with van der Waals surface area (Å²) in [6.07, 6.45) is 6.63. The first-order valence-electron chi connectivity index (χ1n) is 13.9. The number of fused-ring (bicyclic) bond motifs is 1. The van der Waals surface area contributed by atoms with Gasteiger partial charge in [-0.3, -0.25) is 0 Å². The lowest BCUT2D eigenvalue weighted by Crippen LogP contribution is -2.53. The molecule has 0 aliphatic carbocycles. The van der Waals surface area contributed by atoms with Crippen molar-refractivity contribution >= 4 is 17.5 Å². The molecule has 0 radical (unpaired) electrons. The Morgan fingerprint density at radius 1 is 0.854 bits per heavy atom. The van der Waals surface area contributed by atoms with E-state index in [9.17, 15) is 9.59 Å². The van der Waals surface area contributed by atoms with Crippen molar-refractivity contribution in [3.63, 3.8) is 0 Å². The zero-order chi connectivity index (χ0) is 29.1. The third-order valence-electron chi connectivity index (χ3n) is 7.57. The number of carbonyl (C=O) groups is 2. The smallest absolute Gasteiger partial charge is 0.328 e. The van der Waals surface area contributed by atoms with E-state index >= 15 is 0 Å². The number of nitrogens with zero attached hydrogens (tertiary/aromatic N) is 1. The van der Waals surface area contributed by atoms with Gasteiger partial charge in [0.05, 0.1) is 6.61 Å². The van der Waals surface area contributed by atoms with E-state index in [2.05, 4.69) is 96.8 Å². The number of aliphatic carboxylic acids is 2. The number of para-hydroxylation sites is 1. The first-order chi connectivity index (χ1) is 19.9. The molecule has 7 nitrogen and oxygen atoms in total. The molecule has 3 aromatic carbocycles. The maximum Gasteiger partial charge on any atom is 0.328 e. The maximum absolute atomic E-state index is 9.55. The second-order valence-corrected chi connectivity index (χ2v) is 10.2. The Labute approximate surface area is 241 Å². The predicted octanol–water partition coefficient (Wildman–Crippen LogP) is 6.05. The summed E-state index contributed by atoms with van der Waals surface area (Å²) < 4.78 is 12.9. The van der Waals surface area contributed by atoms with Gasteiger partial charge in [-0.1, -0.05) is 84.9 Å². The number of carboxylic acid groups (broad SMARTS) is 2. The molecule has 1 unspecified atom stereocenters. The lowest BCUT2D eigenvalue weighted by atomic mass is 9.86. The van der Waals surface area contributed by atoms with E-state index in [-0.39, 0.29) is 11.7 Å². The zero-order valence-corrected chi connectivity index (χ0v) is 23.3. The highest BCUT2D eigenvalue weighted by atomic mass is 16.6. The summed E-state index contributed by atoms with van der Waals surface area (Å²) in [4.78, 5) is 21.7.